The number of pyridine rings is 1. The molecule has 1 fully saturated rings. The second-order valence-electron chi connectivity index (χ2n) is 14.0. The van der Waals surface area contributed by atoms with Crippen LogP contribution in [-0.2, 0) is 26.7 Å². The number of nitrogens with zero attached hydrogens (tertiary/aromatic N) is 4. The Hall–Kier alpha value is -6.46. The number of amides is 4. The molecule has 3 aromatic carbocycles. The van der Waals surface area contributed by atoms with E-state index in [-0.39, 0.29) is 92.9 Å². The van der Waals surface area contributed by atoms with E-state index in [4.69, 9.17) is 4.74 Å². The van der Waals surface area contributed by atoms with Gasteiger partial charge >= 0.3 is 0 Å². The van der Waals surface area contributed by atoms with Gasteiger partial charge in [-0.05, 0) is 41.5 Å². The first-order valence-electron chi connectivity index (χ1n) is 18.9. The Morgan fingerprint density at radius 1 is 0.881 bits per heavy atom. The highest BCUT2D eigenvalue weighted by Gasteiger charge is 2.27. The molecule has 14 nitrogen and oxygen atoms in total. The number of fused-ring (bicyclic) bond motifs is 1. The lowest BCUT2D eigenvalue weighted by molar-refractivity contribution is -0.131. The molecule has 0 radical (unpaired) electrons. The average Bonchev–Trinajstić information content (AvgIpc) is 3.22. The Kier molecular flexibility index (Phi) is 13.5. The van der Waals surface area contributed by atoms with Crippen molar-refractivity contribution < 1.29 is 37.1 Å². The van der Waals surface area contributed by atoms with E-state index in [0.717, 1.165) is 6.92 Å². The molecule has 17 heteroatoms. The highest BCUT2D eigenvalue weighted by molar-refractivity contribution is 6.02. The number of rotatable bonds is 15. The molecular weight excluding hydrogens is 770 g/mol. The van der Waals surface area contributed by atoms with Crippen LogP contribution in [-0.4, -0.2) is 108 Å². The lowest BCUT2D eigenvalue weighted by Gasteiger charge is -2.35. The third kappa shape index (κ3) is 10.7. The highest BCUT2D eigenvalue weighted by atomic mass is 19.3. The van der Waals surface area contributed by atoms with Crippen molar-refractivity contribution in [3.63, 3.8) is 0 Å². The summed E-state index contributed by atoms with van der Waals surface area (Å²) in [4.78, 5) is 70.5. The predicted molar refractivity (Wildman–Crippen MR) is 214 cm³/mol. The zero-order chi connectivity index (χ0) is 42.1. The van der Waals surface area contributed by atoms with Gasteiger partial charge in [0.2, 0.25) is 11.8 Å². The number of hydrogen-bond acceptors (Lipinski definition) is 9. The van der Waals surface area contributed by atoms with Crippen LogP contribution in [0.1, 0.15) is 51.5 Å². The lowest BCUT2D eigenvalue weighted by atomic mass is 10.0. The Morgan fingerprint density at radius 3 is 2.36 bits per heavy atom. The number of anilines is 1. The number of carbonyl (C=O) groups is 4. The normalized spacial score (nSPS) is 13.0. The molecule has 308 valence electrons. The van der Waals surface area contributed by atoms with E-state index in [0.29, 0.717) is 39.7 Å². The van der Waals surface area contributed by atoms with Crippen LogP contribution in [0.2, 0.25) is 0 Å². The molecule has 0 bridgehead atoms. The van der Waals surface area contributed by atoms with Gasteiger partial charge in [0.15, 0.2) is 5.69 Å². The summed E-state index contributed by atoms with van der Waals surface area (Å²) < 4.78 is 48.3. The van der Waals surface area contributed by atoms with Gasteiger partial charge in [-0.2, -0.15) is 5.10 Å². The minimum absolute atomic E-state index is 0.0386. The number of aromatic amines is 1. The fourth-order valence-electron chi connectivity index (χ4n) is 6.61. The van der Waals surface area contributed by atoms with E-state index in [1.54, 1.807) is 41.3 Å². The summed E-state index contributed by atoms with van der Waals surface area (Å²) >= 11 is 0. The van der Waals surface area contributed by atoms with Gasteiger partial charge in [-0.25, -0.2) is 23.3 Å². The number of halogens is 3. The molecule has 6 rings (SSSR count). The molecule has 59 heavy (non-hydrogen) atoms. The summed E-state index contributed by atoms with van der Waals surface area (Å²) in [6.07, 6.45) is 1.65. The Labute approximate surface area is 337 Å². The Morgan fingerprint density at radius 2 is 1.61 bits per heavy atom. The summed E-state index contributed by atoms with van der Waals surface area (Å²) in [6.45, 7) is 3.99. The molecule has 1 aliphatic rings. The number of alkyl halides is 2. The van der Waals surface area contributed by atoms with Crippen molar-refractivity contribution in [2.24, 2.45) is 0 Å². The first kappa shape index (κ1) is 42.2. The molecular formula is C42H43F3N8O6. The van der Waals surface area contributed by atoms with Gasteiger partial charge in [-0.1, -0.05) is 42.5 Å². The summed E-state index contributed by atoms with van der Waals surface area (Å²) in [5.41, 5.74) is 1.62. The third-order valence-electron chi connectivity index (χ3n) is 9.67. The second-order valence-corrected chi connectivity index (χ2v) is 14.0. The summed E-state index contributed by atoms with van der Waals surface area (Å²) in [6, 6.07) is 18.6. The highest BCUT2D eigenvalue weighted by Crippen LogP contribution is 2.31. The number of H-pyrrole nitrogens is 1. The summed E-state index contributed by atoms with van der Waals surface area (Å²) in [5, 5.41) is 16.1. The maximum atomic E-state index is 14.9. The van der Waals surface area contributed by atoms with Crippen molar-refractivity contribution in [2.75, 3.05) is 64.3 Å². The first-order chi connectivity index (χ1) is 28.3. The fraction of sp³-hybridized carbons (Fsp3) is 0.310. The minimum atomic E-state index is -3.05. The van der Waals surface area contributed by atoms with Gasteiger partial charge in [0.25, 0.3) is 23.3 Å². The number of nitrogens with one attached hydrogen (secondary N) is 4. The van der Waals surface area contributed by atoms with Gasteiger partial charge in [0, 0.05) is 82.2 Å². The third-order valence-corrected chi connectivity index (χ3v) is 9.67. The fourth-order valence-corrected chi connectivity index (χ4v) is 6.61. The van der Waals surface area contributed by atoms with Crippen LogP contribution in [0, 0.1) is 5.82 Å². The SMILES string of the molecule is CC(=O)Nc1cc(-c2cccc(C(C)(F)F)c2)cnc1C(=O)NCCOCCNCC(=O)N1CCN(C(=O)c2cc(Cc3n[nH]c(=O)c4ccccc34)ccc2F)CC1. The zero-order valence-electron chi connectivity index (χ0n) is 32.4. The Balaban J connectivity index is 0.902. The zero-order valence-corrected chi connectivity index (χ0v) is 32.4. The van der Waals surface area contributed by atoms with Crippen LogP contribution in [0.5, 0.6) is 0 Å². The van der Waals surface area contributed by atoms with Crippen LogP contribution in [0.4, 0.5) is 18.9 Å². The summed E-state index contributed by atoms with van der Waals surface area (Å²) in [7, 11) is 0. The molecule has 0 atom stereocenters. The van der Waals surface area contributed by atoms with Crippen LogP contribution < -0.4 is 21.5 Å². The molecule has 2 aromatic heterocycles. The quantitative estimate of drug-likeness (QED) is 0.113. The smallest absolute Gasteiger partial charge is 0.272 e. The van der Waals surface area contributed by atoms with Crippen LogP contribution >= 0.6 is 0 Å². The number of benzene rings is 3. The minimum Gasteiger partial charge on any atom is -0.378 e. The van der Waals surface area contributed by atoms with Gasteiger partial charge in [-0.15, -0.1) is 0 Å². The molecule has 5 aromatic rings. The topological polar surface area (TPSA) is 179 Å². The second kappa shape index (κ2) is 18.9. The first-order valence-corrected chi connectivity index (χ1v) is 18.9. The van der Waals surface area contributed by atoms with Crippen molar-refractivity contribution in [3.8, 4) is 11.1 Å². The van der Waals surface area contributed by atoms with Crippen molar-refractivity contribution in [3.05, 3.63) is 123 Å². The van der Waals surface area contributed by atoms with Crippen molar-refractivity contribution >= 4 is 40.1 Å². The standard InChI is InChI=1S/C42H43F3N8O6/c1-26(54)49-36-23-29(28-6-5-7-30(22-28)42(2,44)45)24-48-38(36)40(57)47-13-19-59-18-12-46-25-37(55)52-14-16-53(17-15-52)41(58)33-20-27(10-11-34(33)43)21-35-31-8-3-4-9-32(31)39(56)51-50-35/h3-11,20,22-24,46H,12-19,21,25H2,1-2H3,(H,47,57)(H,49,54)(H,51,56). The number of ether oxygens (including phenoxy) is 1. The molecule has 0 spiro atoms. The van der Waals surface area contributed by atoms with Gasteiger partial charge < -0.3 is 30.5 Å². The lowest BCUT2D eigenvalue weighted by Crippen LogP contribution is -2.52. The average molecular weight is 813 g/mol. The molecule has 0 aliphatic carbocycles. The number of hydrogen-bond donors (Lipinski definition) is 4. The number of aromatic nitrogens is 3. The molecule has 0 saturated carbocycles. The number of carbonyl (C=O) groups excluding carboxylic acids is 4. The van der Waals surface area contributed by atoms with Gasteiger partial charge in [0.1, 0.15) is 5.82 Å². The van der Waals surface area contributed by atoms with Crippen LogP contribution in [0.3, 0.4) is 0 Å². The molecule has 3 heterocycles. The van der Waals surface area contributed by atoms with Crippen molar-refractivity contribution in [1.29, 1.82) is 0 Å². The van der Waals surface area contributed by atoms with E-state index >= 15 is 0 Å². The van der Waals surface area contributed by atoms with E-state index in [1.807, 2.05) is 0 Å². The maximum Gasteiger partial charge on any atom is 0.272 e. The van der Waals surface area contributed by atoms with E-state index in [1.165, 1.54) is 54.4 Å². The Bertz CT molecular complexity index is 2410. The van der Waals surface area contributed by atoms with Crippen LogP contribution in [0.15, 0.2) is 83.8 Å². The summed E-state index contributed by atoms with van der Waals surface area (Å²) in [5.74, 6) is -5.36. The van der Waals surface area contributed by atoms with Gasteiger partial charge in [-0.3, -0.25) is 24.0 Å². The van der Waals surface area contributed by atoms with Gasteiger partial charge in [0.05, 0.1) is 42.1 Å². The monoisotopic (exact) mass is 812 g/mol. The van der Waals surface area contributed by atoms with Crippen molar-refractivity contribution in [1.82, 2.24) is 35.6 Å². The molecule has 4 amide bonds. The molecule has 1 saturated heterocycles. The van der Waals surface area contributed by atoms with E-state index in [2.05, 4.69) is 31.1 Å². The molecule has 0 unspecified atom stereocenters. The van der Waals surface area contributed by atoms with Crippen molar-refractivity contribution in [2.45, 2.75) is 26.2 Å². The van der Waals surface area contributed by atoms with Crippen LogP contribution in [0.25, 0.3) is 21.9 Å². The largest absolute Gasteiger partial charge is 0.378 e. The predicted octanol–water partition coefficient (Wildman–Crippen LogP) is 4.11. The van der Waals surface area contributed by atoms with E-state index < -0.39 is 29.5 Å². The molecule has 1 aliphatic heterocycles. The molecule has 4 N–H and O–H groups in total. The number of piperazine rings is 1. The van der Waals surface area contributed by atoms with E-state index in [9.17, 15) is 37.1 Å². The maximum absolute atomic E-state index is 14.9.